The maximum absolute atomic E-state index is 10.7. The molecule has 0 aromatic rings. The van der Waals surface area contributed by atoms with E-state index in [9.17, 15) is 14.4 Å². The van der Waals surface area contributed by atoms with Gasteiger partial charge in [0.25, 0.3) is 0 Å². The van der Waals surface area contributed by atoms with Crippen molar-refractivity contribution in [2.45, 2.75) is 53.4 Å². The number of carbonyl (C=O) groups excluding carboxylic acids is 2. The Morgan fingerprint density at radius 2 is 1.42 bits per heavy atom. The highest BCUT2D eigenvalue weighted by molar-refractivity contribution is 5.85. The van der Waals surface area contributed by atoms with Gasteiger partial charge in [0.15, 0.2) is 0 Å². The minimum atomic E-state index is -1.20. The van der Waals surface area contributed by atoms with Crippen molar-refractivity contribution in [3.05, 3.63) is 0 Å². The molecule has 0 aliphatic carbocycles. The van der Waals surface area contributed by atoms with E-state index in [4.69, 9.17) is 5.11 Å². The number of hydrogen-bond donors (Lipinski definition) is 1. The molecule has 0 atom stereocenters. The highest BCUT2D eigenvalue weighted by Crippen LogP contribution is 1.96. The fourth-order valence-electron chi connectivity index (χ4n) is 0.875. The fraction of sp³-hybridized carbons (Fsp3) is 0.769. The second-order valence-electron chi connectivity index (χ2n) is 4.32. The Hall–Kier alpha value is -1.59. The molecule has 0 spiro atoms. The molecule has 0 heterocycles. The third kappa shape index (κ3) is 18.9. The van der Waals surface area contributed by atoms with Gasteiger partial charge in [-0.3, -0.25) is 9.59 Å². The topological polar surface area (TPSA) is 89.9 Å². The first-order chi connectivity index (χ1) is 8.83. The second kappa shape index (κ2) is 12.9. The summed E-state index contributed by atoms with van der Waals surface area (Å²) < 4.78 is 8.67. The van der Waals surface area contributed by atoms with E-state index in [2.05, 4.69) is 9.47 Å². The highest BCUT2D eigenvalue weighted by Gasteiger charge is 2.07. The molecule has 19 heavy (non-hydrogen) atoms. The lowest BCUT2D eigenvalue weighted by molar-refractivity contribution is -0.159. The first kappa shape index (κ1) is 19.7. The molecular weight excluding hydrogens is 252 g/mol. The maximum atomic E-state index is 10.7. The molecule has 0 amide bonds. The van der Waals surface area contributed by atoms with Crippen molar-refractivity contribution in [2.24, 2.45) is 5.92 Å². The first-order valence-corrected chi connectivity index (χ1v) is 6.42. The van der Waals surface area contributed by atoms with Crippen LogP contribution in [-0.4, -0.2) is 29.8 Å². The normalized spacial score (nSPS) is 9.32. The van der Waals surface area contributed by atoms with Crippen LogP contribution in [-0.2, 0) is 19.1 Å². The van der Waals surface area contributed by atoms with Crippen molar-refractivity contribution in [3.63, 3.8) is 0 Å². The number of carboxylic acid groups (broad SMARTS) is 1. The molecule has 0 unspecified atom stereocenters. The molecule has 0 saturated heterocycles. The lowest BCUT2D eigenvalue weighted by atomic mass is 10.2. The van der Waals surface area contributed by atoms with Gasteiger partial charge >= 0.3 is 18.1 Å². The molecule has 0 aliphatic rings. The van der Waals surface area contributed by atoms with Crippen LogP contribution in [0.1, 0.15) is 53.4 Å². The fourth-order valence-corrected chi connectivity index (χ4v) is 0.875. The standard InChI is InChI=1S/C8H14O3.C5H10O3/c1-3-5-7(9)11-8(10)6-4-2;1-4(2)3-8-5(6)7/h3-6H2,1-2H3;4H,3H2,1-2H3,(H,6,7). The van der Waals surface area contributed by atoms with E-state index in [1.54, 1.807) is 0 Å². The summed E-state index contributed by atoms with van der Waals surface area (Å²) >= 11 is 0. The Labute approximate surface area is 114 Å². The molecule has 6 heteroatoms. The van der Waals surface area contributed by atoms with Gasteiger partial charge in [0, 0.05) is 12.8 Å². The van der Waals surface area contributed by atoms with Crippen LogP contribution in [0.3, 0.4) is 0 Å². The van der Waals surface area contributed by atoms with E-state index in [1.807, 2.05) is 27.7 Å². The molecule has 1 N–H and O–H groups in total. The van der Waals surface area contributed by atoms with Crippen LogP contribution in [0.15, 0.2) is 0 Å². The van der Waals surface area contributed by atoms with Crippen LogP contribution in [0.5, 0.6) is 0 Å². The van der Waals surface area contributed by atoms with E-state index in [0.717, 1.165) is 12.8 Å². The number of rotatable bonds is 6. The summed E-state index contributed by atoms with van der Waals surface area (Å²) in [6.07, 6.45) is 0.903. The van der Waals surface area contributed by atoms with Crippen molar-refractivity contribution >= 4 is 18.1 Å². The minimum absolute atomic E-state index is 0.283. The number of carbonyl (C=O) groups is 3. The molecule has 0 aromatic heterocycles. The van der Waals surface area contributed by atoms with Gasteiger partial charge in [0.1, 0.15) is 0 Å². The zero-order valence-electron chi connectivity index (χ0n) is 12.1. The maximum Gasteiger partial charge on any atom is 0.505 e. The van der Waals surface area contributed by atoms with Crippen molar-refractivity contribution in [3.8, 4) is 0 Å². The molecule has 0 saturated carbocycles. The summed E-state index contributed by atoms with van der Waals surface area (Å²) in [5.74, 6) is -0.539. The van der Waals surface area contributed by atoms with Crippen LogP contribution in [0.2, 0.25) is 0 Å². The van der Waals surface area contributed by atoms with Gasteiger partial charge in [-0.15, -0.1) is 0 Å². The van der Waals surface area contributed by atoms with Crippen LogP contribution < -0.4 is 0 Å². The van der Waals surface area contributed by atoms with Gasteiger partial charge in [0.2, 0.25) is 0 Å². The van der Waals surface area contributed by atoms with Crippen LogP contribution in [0.25, 0.3) is 0 Å². The number of ether oxygens (including phenoxy) is 2. The Balaban J connectivity index is 0. The predicted octanol–water partition coefficient (Wildman–Crippen LogP) is 2.99. The van der Waals surface area contributed by atoms with Crippen LogP contribution in [0.4, 0.5) is 4.79 Å². The zero-order chi connectivity index (χ0) is 15.3. The summed E-state index contributed by atoms with van der Waals surface area (Å²) in [7, 11) is 0. The molecule has 0 bridgehead atoms. The summed E-state index contributed by atoms with van der Waals surface area (Å²) in [5, 5.41) is 7.94. The monoisotopic (exact) mass is 276 g/mol. The van der Waals surface area contributed by atoms with E-state index < -0.39 is 18.1 Å². The van der Waals surface area contributed by atoms with Gasteiger partial charge in [0.05, 0.1) is 6.61 Å². The van der Waals surface area contributed by atoms with Crippen LogP contribution in [0, 0.1) is 5.92 Å². The summed E-state index contributed by atoms with van der Waals surface area (Å²) in [4.78, 5) is 31.1. The minimum Gasteiger partial charge on any atom is -0.450 e. The number of hydrogen-bond acceptors (Lipinski definition) is 5. The first-order valence-electron chi connectivity index (χ1n) is 6.42. The lowest BCUT2D eigenvalue weighted by Crippen LogP contribution is -2.10. The summed E-state index contributed by atoms with van der Waals surface area (Å²) in [5.41, 5.74) is 0. The van der Waals surface area contributed by atoms with Crippen molar-refractivity contribution in [2.75, 3.05) is 6.61 Å². The Morgan fingerprint density at radius 3 is 1.63 bits per heavy atom. The van der Waals surface area contributed by atoms with Gasteiger partial charge in [-0.2, -0.15) is 0 Å². The van der Waals surface area contributed by atoms with Crippen molar-refractivity contribution < 1.29 is 29.0 Å². The average Bonchev–Trinajstić information content (AvgIpc) is 2.27. The molecule has 0 aliphatic heterocycles. The molecule has 112 valence electrons. The summed E-state index contributed by atoms with van der Waals surface area (Å²) in [6.45, 7) is 7.80. The van der Waals surface area contributed by atoms with E-state index in [1.165, 1.54) is 0 Å². The average molecular weight is 276 g/mol. The third-order valence-electron chi connectivity index (χ3n) is 1.68. The van der Waals surface area contributed by atoms with E-state index in [0.29, 0.717) is 12.8 Å². The van der Waals surface area contributed by atoms with Crippen molar-refractivity contribution in [1.82, 2.24) is 0 Å². The predicted molar refractivity (Wildman–Crippen MR) is 69.7 cm³/mol. The molecule has 0 aromatic carbocycles. The molecular formula is C13H24O6. The SMILES string of the molecule is CC(C)COC(=O)O.CCCC(=O)OC(=O)CCC. The highest BCUT2D eigenvalue weighted by atomic mass is 16.7. The Bertz CT molecular complexity index is 256. The quantitative estimate of drug-likeness (QED) is 0.592. The van der Waals surface area contributed by atoms with Gasteiger partial charge in [-0.1, -0.05) is 27.7 Å². The van der Waals surface area contributed by atoms with Crippen LogP contribution >= 0.6 is 0 Å². The van der Waals surface area contributed by atoms with Gasteiger partial charge in [-0.25, -0.2) is 4.79 Å². The summed E-state index contributed by atoms with van der Waals surface area (Å²) in [6, 6.07) is 0. The molecule has 0 rings (SSSR count). The van der Waals surface area contributed by atoms with Gasteiger partial charge < -0.3 is 14.6 Å². The zero-order valence-corrected chi connectivity index (χ0v) is 12.1. The number of esters is 2. The van der Waals surface area contributed by atoms with Gasteiger partial charge in [-0.05, 0) is 18.8 Å². The third-order valence-corrected chi connectivity index (χ3v) is 1.68. The molecule has 0 fully saturated rings. The second-order valence-corrected chi connectivity index (χ2v) is 4.32. The Morgan fingerprint density at radius 1 is 1.00 bits per heavy atom. The Kier molecular flexibility index (Phi) is 13.4. The van der Waals surface area contributed by atoms with Crippen molar-refractivity contribution in [1.29, 1.82) is 0 Å². The largest absolute Gasteiger partial charge is 0.505 e. The lowest BCUT2D eigenvalue weighted by Gasteiger charge is -2.00. The smallest absolute Gasteiger partial charge is 0.450 e. The molecule has 0 radical (unpaired) electrons. The van der Waals surface area contributed by atoms with E-state index in [-0.39, 0.29) is 12.5 Å². The molecule has 6 nitrogen and oxygen atoms in total. The van der Waals surface area contributed by atoms with E-state index >= 15 is 0 Å².